The van der Waals surface area contributed by atoms with Gasteiger partial charge in [-0.15, -0.1) is 5.10 Å². The number of rotatable bonds is 5. The van der Waals surface area contributed by atoms with Gasteiger partial charge >= 0.3 is 0 Å². The van der Waals surface area contributed by atoms with E-state index in [0.717, 1.165) is 27.8 Å². The fourth-order valence-corrected chi connectivity index (χ4v) is 3.43. The number of para-hydroxylation sites is 1. The van der Waals surface area contributed by atoms with Crippen LogP contribution in [0.1, 0.15) is 10.5 Å². The van der Waals surface area contributed by atoms with Crippen LogP contribution in [0.5, 0.6) is 11.5 Å². The van der Waals surface area contributed by atoms with Crippen LogP contribution < -0.4 is 14.8 Å². The number of methoxy groups -OCH3 is 2. The molecule has 8 heteroatoms. The van der Waals surface area contributed by atoms with Crippen molar-refractivity contribution in [3.05, 3.63) is 72.6 Å². The first-order valence-corrected chi connectivity index (χ1v) is 9.53. The maximum atomic E-state index is 12.8. The molecule has 0 radical (unpaired) electrons. The predicted octanol–water partition coefficient (Wildman–Crippen LogP) is 4.44. The third-order valence-corrected chi connectivity index (χ3v) is 5.01. The van der Waals surface area contributed by atoms with Gasteiger partial charge in [-0.2, -0.15) is 0 Å². The Hall–Kier alpha value is -4.33. The molecule has 0 bridgehead atoms. The van der Waals surface area contributed by atoms with Crippen LogP contribution in [0.15, 0.2) is 71.3 Å². The van der Waals surface area contributed by atoms with E-state index < -0.39 is 5.91 Å². The molecule has 2 heterocycles. The van der Waals surface area contributed by atoms with Gasteiger partial charge in [0.15, 0.2) is 5.69 Å². The summed E-state index contributed by atoms with van der Waals surface area (Å²) in [5.74, 6) is 0.846. The van der Waals surface area contributed by atoms with Crippen molar-refractivity contribution in [1.29, 1.82) is 0 Å². The molecular weight excluding hydrogens is 396 g/mol. The number of hydrogen-bond donors (Lipinski definition) is 1. The number of anilines is 1. The van der Waals surface area contributed by atoms with Gasteiger partial charge in [0.25, 0.3) is 5.91 Å². The van der Waals surface area contributed by atoms with Crippen LogP contribution in [0.4, 0.5) is 5.69 Å². The first kappa shape index (κ1) is 18.7. The maximum Gasteiger partial charge on any atom is 0.277 e. The molecule has 0 aliphatic carbocycles. The summed E-state index contributed by atoms with van der Waals surface area (Å²) >= 11 is 0. The Morgan fingerprint density at radius 3 is 2.55 bits per heavy atom. The predicted molar refractivity (Wildman–Crippen MR) is 116 cm³/mol. The number of nitrogens with one attached hydrogen (secondary N) is 1. The third-order valence-electron chi connectivity index (χ3n) is 5.01. The van der Waals surface area contributed by atoms with Crippen molar-refractivity contribution in [2.45, 2.75) is 0 Å². The van der Waals surface area contributed by atoms with E-state index in [4.69, 9.17) is 13.9 Å². The number of hydrogen-bond acceptors (Lipinski definition) is 6. The second-order valence-corrected chi connectivity index (χ2v) is 6.85. The van der Waals surface area contributed by atoms with E-state index in [2.05, 4.69) is 15.6 Å². The van der Waals surface area contributed by atoms with Gasteiger partial charge in [-0.3, -0.25) is 4.79 Å². The van der Waals surface area contributed by atoms with E-state index in [-0.39, 0.29) is 5.69 Å². The number of furan rings is 1. The largest absolute Gasteiger partial charge is 0.497 e. The van der Waals surface area contributed by atoms with Crippen molar-refractivity contribution in [1.82, 2.24) is 15.0 Å². The molecule has 0 unspecified atom stereocenters. The first-order chi connectivity index (χ1) is 15.2. The zero-order chi connectivity index (χ0) is 21.4. The molecule has 5 aromatic rings. The Morgan fingerprint density at radius 1 is 0.968 bits per heavy atom. The van der Waals surface area contributed by atoms with Crippen LogP contribution in [-0.4, -0.2) is 35.1 Å². The molecule has 3 aromatic carbocycles. The minimum atomic E-state index is -0.409. The molecule has 0 fully saturated rings. The normalized spacial score (nSPS) is 11.0. The highest BCUT2D eigenvalue weighted by molar-refractivity contribution is 6.09. The van der Waals surface area contributed by atoms with E-state index >= 15 is 0 Å². The van der Waals surface area contributed by atoms with Gasteiger partial charge < -0.3 is 19.2 Å². The lowest BCUT2D eigenvalue weighted by molar-refractivity contribution is 0.102. The lowest BCUT2D eigenvalue weighted by Crippen LogP contribution is -2.13. The van der Waals surface area contributed by atoms with Gasteiger partial charge in [-0.25, -0.2) is 4.68 Å². The van der Waals surface area contributed by atoms with Gasteiger partial charge in [0.05, 0.1) is 31.8 Å². The van der Waals surface area contributed by atoms with Crippen LogP contribution in [-0.2, 0) is 0 Å². The Balaban J connectivity index is 1.44. The highest BCUT2D eigenvalue weighted by atomic mass is 16.5. The van der Waals surface area contributed by atoms with Crippen LogP contribution in [0.3, 0.4) is 0 Å². The number of aromatic nitrogens is 3. The molecule has 8 nitrogen and oxygen atoms in total. The molecule has 5 rings (SSSR count). The third kappa shape index (κ3) is 3.33. The fraction of sp³-hybridized carbons (Fsp3) is 0.0870. The quantitative estimate of drug-likeness (QED) is 0.457. The molecule has 1 amide bonds. The smallest absolute Gasteiger partial charge is 0.277 e. The van der Waals surface area contributed by atoms with Crippen molar-refractivity contribution in [2.24, 2.45) is 0 Å². The summed E-state index contributed by atoms with van der Waals surface area (Å²) in [6, 6.07) is 18.6. The number of fused-ring (bicyclic) bond motifs is 3. The molecule has 0 aliphatic rings. The molecule has 0 saturated carbocycles. The molecule has 1 N–H and O–H groups in total. The van der Waals surface area contributed by atoms with Gasteiger partial charge in [0, 0.05) is 16.8 Å². The average molecular weight is 414 g/mol. The fourth-order valence-electron chi connectivity index (χ4n) is 3.43. The van der Waals surface area contributed by atoms with Gasteiger partial charge in [0.1, 0.15) is 22.7 Å². The number of carbonyl (C=O) groups excluding carboxylic acids is 1. The summed E-state index contributed by atoms with van der Waals surface area (Å²) < 4.78 is 18.1. The summed E-state index contributed by atoms with van der Waals surface area (Å²) in [4.78, 5) is 12.8. The van der Waals surface area contributed by atoms with Crippen LogP contribution in [0, 0.1) is 0 Å². The zero-order valence-electron chi connectivity index (χ0n) is 16.8. The molecule has 0 spiro atoms. The van der Waals surface area contributed by atoms with E-state index in [1.165, 1.54) is 4.68 Å². The maximum absolute atomic E-state index is 12.8. The lowest BCUT2D eigenvalue weighted by atomic mass is 10.1. The van der Waals surface area contributed by atoms with Crippen molar-refractivity contribution in [3.8, 4) is 17.2 Å². The zero-order valence-corrected chi connectivity index (χ0v) is 16.8. The number of amides is 1. The van der Waals surface area contributed by atoms with Gasteiger partial charge in [0.2, 0.25) is 0 Å². The van der Waals surface area contributed by atoms with Gasteiger partial charge in [-0.1, -0.05) is 23.4 Å². The van der Waals surface area contributed by atoms with E-state index in [0.29, 0.717) is 17.0 Å². The second kappa shape index (κ2) is 7.49. The number of ether oxygens (including phenoxy) is 2. The first-order valence-electron chi connectivity index (χ1n) is 9.53. The molecule has 31 heavy (non-hydrogen) atoms. The summed E-state index contributed by atoms with van der Waals surface area (Å²) in [5, 5.41) is 12.8. The SMILES string of the molecule is COc1ccc(-n2cc(C(=O)Nc3cc4oc5ccccc5c4cc3OC)nn2)cc1. The lowest BCUT2D eigenvalue weighted by Gasteiger charge is -2.09. The van der Waals surface area contributed by atoms with Crippen LogP contribution >= 0.6 is 0 Å². The van der Waals surface area contributed by atoms with Crippen LogP contribution in [0.25, 0.3) is 27.6 Å². The Morgan fingerprint density at radius 2 is 1.77 bits per heavy atom. The highest BCUT2D eigenvalue weighted by Crippen LogP contribution is 2.36. The summed E-state index contributed by atoms with van der Waals surface area (Å²) in [6.07, 6.45) is 1.56. The number of carbonyl (C=O) groups is 1. The number of benzene rings is 3. The van der Waals surface area contributed by atoms with E-state index in [9.17, 15) is 4.79 Å². The second-order valence-electron chi connectivity index (χ2n) is 6.85. The summed E-state index contributed by atoms with van der Waals surface area (Å²) in [5.41, 5.74) is 2.83. The Labute approximate surface area is 177 Å². The minimum absolute atomic E-state index is 0.169. The molecule has 2 aromatic heterocycles. The average Bonchev–Trinajstić information content (AvgIpc) is 3.43. The van der Waals surface area contributed by atoms with Crippen LogP contribution in [0.2, 0.25) is 0 Å². The Bertz CT molecular complexity index is 1400. The van der Waals surface area contributed by atoms with Gasteiger partial charge in [-0.05, 0) is 36.4 Å². The molecule has 0 atom stereocenters. The Kier molecular flexibility index (Phi) is 4.51. The summed E-state index contributed by atoms with van der Waals surface area (Å²) in [7, 11) is 3.16. The monoisotopic (exact) mass is 414 g/mol. The standard InChI is InChI=1S/C23H18N4O4/c1-29-15-9-7-14(8-10-15)27-13-19(25-26-27)23(28)24-18-12-21-17(11-22(18)30-2)16-5-3-4-6-20(16)31-21/h3-13H,1-2H3,(H,24,28). The topological polar surface area (TPSA) is 91.4 Å². The van der Waals surface area contributed by atoms with Crippen molar-refractivity contribution < 1.29 is 18.7 Å². The molecular formula is C23H18N4O4. The van der Waals surface area contributed by atoms with Crippen molar-refractivity contribution in [3.63, 3.8) is 0 Å². The van der Waals surface area contributed by atoms with E-state index in [1.807, 2.05) is 54.6 Å². The molecule has 0 saturated heterocycles. The summed E-state index contributed by atoms with van der Waals surface area (Å²) in [6.45, 7) is 0. The molecule has 154 valence electrons. The molecule has 0 aliphatic heterocycles. The minimum Gasteiger partial charge on any atom is -0.497 e. The number of nitrogens with zero attached hydrogens (tertiary/aromatic N) is 3. The van der Waals surface area contributed by atoms with E-state index in [1.54, 1.807) is 26.5 Å². The highest BCUT2D eigenvalue weighted by Gasteiger charge is 2.17. The van der Waals surface area contributed by atoms with Crippen molar-refractivity contribution in [2.75, 3.05) is 19.5 Å². The van der Waals surface area contributed by atoms with Crippen molar-refractivity contribution >= 4 is 33.5 Å².